The number of rotatable bonds is 12. The average molecular weight is 633 g/mol. The third kappa shape index (κ3) is 8.45. The molecule has 4 atom stereocenters. The van der Waals surface area contributed by atoms with Gasteiger partial charge in [0.25, 0.3) is 0 Å². The fourth-order valence-corrected chi connectivity index (χ4v) is 5.92. The number of tetrazole rings is 1. The van der Waals surface area contributed by atoms with Crippen molar-refractivity contribution < 1.29 is 28.9 Å². The Labute approximate surface area is 265 Å². The van der Waals surface area contributed by atoms with Crippen LogP contribution in [0.25, 0.3) is 5.69 Å². The van der Waals surface area contributed by atoms with E-state index in [-0.39, 0.29) is 44.4 Å². The Morgan fingerprint density at radius 1 is 0.956 bits per heavy atom. The topological polar surface area (TPSA) is 150 Å². The number of aliphatic hydroxyl groups excluding tert-OH is 1. The van der Waals surface area contributed by atoms with Gasteiger partial charge in [0.15, 0.2) is 6.29 Å². The number of esters is 1. The number of benzene rings is 3. The van der Waals surface area contributed by atoms with Crippen LogP contribution in [0.5, 0.6) is 0 Å². The molecule has 0 radical (unpaired) electrons. The number of carbonyl (C=O) groups excluding carboxylic acids is 2. The van der Waals surface area contributed by atoms with Crippen molar-refractivity contribution in [1.29, 1.82) is 0 Å². The maximum absolute atomic E-state index is 12.1. The second kappa shape index (κ2) is 15.6. The van der Waals surface area contributed by atoms with Crippen LogP contribution in [0.1, 0.15) is 48.5 Å². The van der Waals surface area contributed by atoms with Gasteiger partial charge in [-0.2, -0.15) is 4.68 Å². The number of urea groups is 1. The van der Waals surface area contributed by atoms with Crippen LogP contribution in [0.2, 0.25) is 0 Å². The first kappa shape index (κ1) is 32.1. The first-order valence-corrected chi connectivity index (χ1v) is 15.7. The Bertz CT molecular complexity index is 1540. The largest absolute Gasteiger partial charge is 0.465 e. The summed E-state index contributed by atoms with van der Waals surface area (Å²) in [7, 11) is 0. The zero-order valence-corrected chi connectivity index (χ0v) is 25.9. The molecule has 4 unspecified atom stereocenters. The van der Waals surface area contributed by atoms with Crippen LogP contribution in [0.15, 0.2) is 84.0 Å². The highest BCUT2D eigenvalue weighted by Crippen LogP contribution is 2.43. The Kier molecular flexibility index (Phi) is 11.1. The van der Waals surface area contributed by atoms with Crippen LogP contribution < -0.4 is 10.6 Å². The lowest BCUT2D eigenvalue weighted by molar-refractivity contribution is -0.268. The lowest BCUT2D eigenvalue weighted by atomic mass is 9.91. The molecule has 236 valence electrons. The van der Waals surface area contributed by atoms with Gasteiger partial charge in [0.05, 0.1) is 31.1 Å². The van der Waals surface area contributed by atoms with Crippen LogP contribution in [-0.4, -0.2) is 62.3 Å². The summed E-state index contributed by atoms with van der Waals surface area (Å²) in [5.41, 5.74) is 4.39. The van der Waals surface area contributed by atoms with E-state index < -0.39 is 18.3 Å². The molecule has 1 aliphatic heterocycles. The van der Waals surface area contributed by atoms with Gasteiger partial charge in [0.1, 0.15) is 6.54 Å². The van der Waals surface area contributed by atoms with Crippen LogP contribution in [0.4, 0.5) is 4.79 Å². The van der Waals surface area contributed by atoms with Gasteiger partial charge in [0.2, 0.25) is 5.16 Å². The van der Waals surface area contributed by atoms with E-state index in [9.17, 15) is 14.7 Å². The first-order valence-electron chi connectivity index (χ1n) is 14.7. The summed E-state index contributed by atoms with van der Waals surface area (Å²) >= 11 is 1.52. The van der Waals surface area contributed by atoms with Gasteiger partial charge in [-0.1, -0.05) is 85.4 Å². The number of nitrogens with zero attached hydrogens (tertiary/aromatic N) is 4. The number of para-hydroxylation sites is 1. The molecule has 0 aliphatic carbocycles. The van der Waals surface area contributed by atoms with Crippen molar-refractivity contribution in [3.05, 3.63) is 101 Å². The molecule has 5 rings (SSSR count). The quantitative estimate of drug-likeness (QED) is 0.154. The summed E-state index contributed by atoms with van der Waals surface area (Å²) < 4.78 is 19.6. The number of thioether (sulfide) groups is 1. The Morgan fingerprint density at radius 2 is 1.67 bits per heavy atom. The summed E-state index contributed by atoms with van der Waals surface area (Å²) in [4.78, 5) is 23.5. The number of hydrogen-bond acceptors (Lipinski definition) is 10. The second-order valence-electron chi connectivity index (χ2n) is 10.4. The molecule has 1 fully saturated rings. The number of amides is 2. The van der Waals surface area contributed by atoms with Crippen molar-refractivity contribution in [3.8, 4) is 5.69 Å². The molecular weight excluding hydrogens is 596 g/mol. The lowest BCUT2D eigenvalue weighted by Crippen LogP contribution is -2.39. The summed E-state index contributed by atoms with van der Waals surface area (Å²) in [6.45, 7) is 4.11. The van der Waals surface area contributed by atoms with E-state index in [0.717, 1.165) is 27.9 Å². The highest BCUT2D eigenvalue weighted by Gasteiger charge is 2.38. The van der Waals surface area contributed by atoms with Gasteiger partial charge in [-0.25, -0.2) is 4.79 Å². The van der Waals surface area contributed by atoms with Crippen molar-refractivity contribution in [2.24, 2.45) is 5.92 Å². The molecule has 1 aromatic heterocycles. The molecular formula is C32H36N6O6S. The molecule has 3 aromatic carbocycles. The molecule has 12 nitrogen and oxygen atoms in total. The SMILES string of the molecule is CCOC(=O)CNC(=O)NCc1ccc(C2OC(CSc3nnnn3-c3ccccc3)C(C)C(c3ccc(CO)cc3)O2)cc1. The molecule has 0 saturated carbocycles. The number of aromatic nitrogens is 4. The van der Waals surface area contributed by atoms with Gasteiger partial charge < -0.3 is 30.0 Å². The smallest absolute Gasteiger partial charge is 0.325 e. The number of aliphatic hydroxyl groups is 1. The van der Waals surface area contributed by atoms with Crippen molar-refractivity contribution >= 4 is 23.8 Å². The van der Waals surface area contributed by atoms with E-state index >= 15 is 0 Å². The van der Waals surface area contributed by atoms with E-state index in [1.54, 1.807) is 11.6 Å². The Hall–Kier alpha value is -4.30. The lowest BCUT2D eigenvalue weighted by Gasteiger charge is -2.41. The van der Waals surface area contributed by atoms with Gasteiger partial charge in [-0.05, 0) is 46.2 Å². The average Bonchev–Trinajstić information content (AvgIpc) is 3.55. The summed E-state index contributed by atoms with van der Waals surface area (Å²) in [5.74, 6) is 0.0850. The third-order valence-corrected chi connectivity index (χ3v) is 8.35. The van der Waals surface area contributed by atoms with Crippen LogP contribution in [-0.2, 0) is 32.2 Å². The minimum atomic E-state index is -0.644. The molecule has 2 amide bonds. The number of ether oxygens (including phenoxy) is 3. The van der Waals surface area contributed by atoms with Crippen molar-refractivity contribution in [2.75, 3.05) is 18.9 Å². The van der Waals surface area contributed by atoms with E-state index in [2.05, 4.69) is 33.1 Å². The molecule has 1 saturated heterocycles. The molecule has 0 spiro atoms. The third-order valence-electron chi connectivity index (χ3n) is 7.35. The van der Waals surface area contributed by atoms with Gasteiger partial charge in [-0.15, -0.1) is 5.10 Å². The molecule has 0 bridgehead atoms. The fraction of sp³-hybridized carbons (Fsp3) is 0.344. The first-order chi connectivity index (χ1) is 21.9. The van der Waals surface area contributed by atoms with Crippen LogP contribution in [0.3, 0.4) is 0 Å². The van der Waals surface area contributed by atoms with Crippen molar-refractivity contribution in [2.45, 2.75) is 50.7 Å². The second-order valence-corrected chi connectivity index (χ2v) is 11.4. The van der Waals surface area contributed by atoms with Gasteiger partial charge >= 0.3 is 12.0 Å². The zero-order valence-electron chi connectivity index (χ0n) is 25.0. The summed E-state index contributed by atoms with van der Waals surface area (Å²) in [6, 6.07) is 24.7. The van der Waals surface area contributed by atoms with Gasteiger partial charge in [-0.3, -0.25) is 4.79 Å². The maximum atomic E-state index is 12.1. The van der Waals surface area contributed by atoms with Crippen molar-refractivity contribution in [3.63, 3.8) is 0 Å². The van der Waals surface area contributed by atoms with Crippen molar-refractivity contribution in [1.82, 2.24) is 30.8 Å². The summed E-state index contributed by atoms with van der Waals surface area (Å²) in [5, 5.41) is 27.7. The predicted octanol–water partition coefficient (Wildman–Crippen LogP) is 4.10. The maximum Gasteiger partial charge on any atom is 0.325 e. The molecule has 3 N–H and O–H groups in total. The fourth-order valence-electron chi connectivity index (χ4n) is 4.87. The highest BCUT2D eigenvalue weighted by molar-refractivity contribution is 7.99. The Morgan fingerprint density at radius 3 is 2.38 bits per heavy atom. The number of nitrogens with one attached hydrogen (secondary N) is 2. The molecule has 2 heterocycles. The van der Waals surface area contributed by atoms with Crippen LogP contribution in [0, 0.1) is 5.92 Å². The predicted molar refractivity (Wildman–Crippen MR) is 166 cm³/mol. The molecule has 4 aromatic rings. The van der Waals surface area contributed by atoms with Gasteiger partial charge in [0, 0.05) is 23.8 Å². The van der Waals surface area contributed by atoms with E-state index in [0.29, 0.717) is 10.9 Å². The minimum absolute atomic E-state index is 0.00799. The number of hydrogen-bond donors (Lipinski definition) is 3. The van der Waals surface area contributed by atoms with E-state index in [4.69, 9.17) is 14.2 Å². The standard InChI is InChI=1S/C32H36N6O6S/c1-3-42-28(40)18-34-31(41)33-17-22-9-15-25(16-10-22)30-43-27(21(2)29(44-30)24-13-11-23(19-39)12-14-24)20-45-32-35-36-37-38(32)26-7-5-4-6-8-26/h4-16,21,27,29-30,39H,3,17-20H2,1-2H3,(H2,33,34,41). The monoisotopic (exact) mass is 632 g/mol. The Balaban J connectivity index is 1.28. The normalized spacial score (nSPS) is 19.5. The minimum Gasteiger partial charge on any atom is -0.465 e. The van der Waals surface area contributed by atoms with E-state index in [1.807, 2.05) is 78.9 Å². The zero-order chi connectivity index (χ0) is 31.6. The molecule has 45 heavy (non-hydrogen) atoms. The summed E-state index contributed by atoms with van der Waals surface area (Å²) in [6.07, 6.45) is -1.12. The van der Waals surface area contributed by atoms with Crippen LogP contribution >= 0.6 is 11.8 Å². The molecule has 1 aliphatic rings. The molecule has 13 heteroatoms. The number of carbonyl (C=O) groups is 2. The highest BCUT2D eigenvalue weighted by atomic mass is 32.2. The van der Waals surface area contributed by atoms with E-state index in [1.165, 1.54) is 11.8 Å².